The lowest BCUT2D eigenvalue weighted by atomic mass is 10.0. The molecule has 2 aliphatic heterocycles. The maximum atomic E-state index is 12.6. The first-order chi connectivity index (χ1) is 11.8. The van der Waals surface area contributed by atoms with E-state index in [1.807, 2.05) is 11.0 Å². The number of thiazole rings is 1. The van der Waals surface area contributed by atoms with Gasteiger partial charge in [-0.15, -0.1) is 11.3 Å². The molecule has 2 fully saturated rings. The zero-order chi connectivity index (χ0) is 16.4. The quantitative estimate of drug-likeness (QED) is 0.910. The SMILES string of the molecule is O=C(C[NH+]1CCCC[C@H]1c1nc2ccccc2s1)N1CCOCC1. The molecule has 24 heavy (non-hydrogen) atoms. The van der Waals surface area contributed by atoms with Gasteiger partial charge in [0.05, 0.1) is 30.0 Å². The summed E-state index contributed by atoms with van der Waals surface area (Å²) >= 11 is 1.79. The summed E-state index contributed by atoms with van der Waals surface area (Å²) in [6.07, 6.45) is 3.56. The van der Waals surface area contributed by atoms with Crippen LogP contribution >= 0.6 is 11.3 Å². The summed E-state index contributed by atoms with van der Waals surface area (Å²) in [7, 11) is 0. The first kappa shape index (κ1) is 16.0. The van der Waals surface area contributed by atoms with E-state index in [1.54, 1.807) is 11.3 Å². The molecule has 0 bridgehead atoms. The van der Waals surface area contributed by atoms with E-state index in [2.05, 4.69) is 18.2 Å². The summed E-state index contributed by atoms with van der Waals surface area (Å²) in [5.74, 6) is 0.265. The van der Waals surface area contributed by atoms with Crippen molar-refractivity contribution in [3.63, 3.8) is 0 Å². The molecular weight excluding hydrogens is 322 g/mol. The summed E-state index contributed by atoms with van der Waals surface area (Å²) in [6.45, 7) is 4.46. The fourth-order valence-corrected chi connectivity index (χ4v) is 4.91. The Balaban J connectivity index is 1.51. The highest BCUT2D eigenvalue weighted by molar-refractivity contribution is 7.18. The molecule has 2 saturated heterocycles. The minimum Gasteiger partial charge on any atom is -0.378 e. The summed E-state index contributed by atoms with van der Waals surface area (Å²) in [4.78, 5) is 20.9. The fraction of sp³-hybridized carbons (Fsp3) is 0.556. The van der Waals surface area contributed by atoms with Gasteiger partial charge >= 0.3 is 0 Å². The largest absolute Gasteiger partial charge is 0.378 e. The van der Waals surface area contributed by atoms with Gasteiger partial charge in [0, 0.05) is 19.5 Å². The van der Waals surface area contributed by atoms with E-state index in [-0.39, 0.29) is 5.91 Å². The fourth-order valence-electron chi connectivity index (χ4n) is 3.75. The molecule has 1 N–H and O–H groups in total. The van der Waals surface area contributed by atoms with Crippen LogP contribution in [-0.2, 0) is 9.53 Å². The molecule has 3 heterocycles. The lowest BCUT2D eigenvalue weighted by Crippen LogP contribution is -3.14. The Morgan fingerprint density at radius 3 is 2.96 bits per heavy atom. The zero-order valence-electron chi connectivity index (χ0n) is 13.9. The second-order valence-electron chi connectivity index (χ2n) is 6.65. The number of amides is 1. The summed E-state index contributed by atoms with van der Waals surface area (Å²) in [5, 5.41) is 1.20. The predicted molar refractivity (Wildman–Crippen MR) is 94.3 cm³/mol. The number of para-hydroxylation sites is 1. The molecule has 0 spiro atoms. The number of ether oxygens (including phenoxy) is 1. The Morgan fingerprint density at radius 2 is 2.12 bits per heavy atom. The zero-order valence-corrected chi connectivity index (χ0v) is 14.7. The van der Waals surface area contributed by atoms with Crippen molar-refractivity contribution in [3.05, 3.63) is 29.3 Å². The van der Waals surface area contributed by atoms with Crippen LogP contribution in [0.15, 0.2) is 24.3 Å². The third-order valence-corrected chi connectivity index (χ3v) is 6.23. The van der Waals surface area contributed by atoms with Gasteiger partial charge in [-0.25, -0.2) is 4.98 Å². The lowest BCUT2D eigenvalue weighted by Gasteiger charge is -2.33. The van der Waals surface area contributed by atoms with Crippen molar-refractivity contribution in [2.24, 2.45) is 0 Å². The number of morpholine rings is 1. The predicted octanol–water partition coefficient (Wildman–Crippen LogP) is 1.26. The first-order valence-corrected chi connectivity index (χ1v) is 9.68. The van der Waals surface area contributed by atoms with Gasteiger partial charge in [-0.05, 0) is 25.0 Å². The number of fused-ring (bicyclic) bond motifs is 1. The maximum absolute atomic E-state index is 12.6. The van der Waals surface area contributed by atoms with Crippen LogP contribution in [0.2, 0.25) is 0 Å². The molecule has 1 aromatic carbocycles. The number of hydrogen-bond acceptors (Lipinski definition) is 4. The molecular formula is C18H24N3O2S+. The molecule has 2 atom stereocenters. The molecule has 128 valence electrons. The van der Waals surface area contributed by atoms with E-state index in [0.717, 1.165) is 31.6 Å². The van der Waals surface area contributed by atoms with Crippen molar-refractivity contribution in [2.75, 3.05) is 39.4 Å². The van der Waals surface area contributed by atoms with Crippen LogP contribution in [0.4, 0.5) is 0 Å². The average Bonchev–Trinajstić information content (AvgIpc) is 3.07. The number of likely N-dealkylation sites (tertiary alicyclic amines) is 1. The summed E-state index contributed by atoms with van der Waals surface area (Å²) in [5.41, 5.74) is 1.09. The van der Waals surface area contributed by atoms with Gasteiger partial charge in [-0.3, -0.25) is 4.79 Å². The molecule has 4 rings (SSSR count). The summed E-state index contributed by atoms with van der Waals surface area (Å²) < 4.78 is 6.60. The minimum atomic E-state index is 0.265. The van der Waals surface area contributed by atoms with Crippen molar-refractivity contribution in [1.29, 1.82) is 0 Å². The molecule has 0 aliphatic carbocycles. The topological polar surface area (TPSA) is 46.9 Å². The highest BCUT2D eigenvalue weighted by Gasteiger charge is 2.33. The first-order valence-electron chi connectivity index (χ1n) is 8.87. The van der Waals surface area contributed by atoms with Crippen molar-refractivity contribution >= 4 is 27.5 Å². The monoisotopic (exact) mass is 346 g/mol. The number of carbonyl (C=O) groups is 1. The maximum Gasteiger partial charge on any atom is 0.277 e. The van der Waals surface area contributed by atoms with Crippen LogP contribution in [-0.4, -0.2) is 55.2 Å². The highest BCUT2D eigenvalue weighted by atomic mass is 32.1. The standard InChI is InChI=1S/C18H23N3O2S/c22-17(20-9-11-23-12-10-20)13-21-8-4-3-6-15(21)18-19-14-5-1-2-7-16(14)24-18/h1-2,5,7,15H,3-4,6,8-13H2/p+1/t15-/m0/s1. The number of quaternary nitrogens is 1. The molecule has 1 unspecified atom stereocenters. The lowest BCUT2D eigenvalue weighted by molar-refractivity contribution is -0.929. The molecule has 6 heteroatoms. The second kappa shape index (κ2) is 7.17. The number of rotatable bonds is 3. The van der Waals surface area contributed by atoms with Crippen molar-refractivity contribution in [3.8, 4) is 0 Å². The van der Waals surface area contributed by atoms with Gasteiger partial charge < -0.3 is 14.5 Å². The Kier molecular flexibility index (Phi) is 4.78. The van der Waals surface area contributed by atoms with Crippen LogP contribution < -0.4 is 4.90 Å². The second-order valence-corrected chi connectivity index (χ2v) is 7.71. The van der Waals surface area contributed by atoms with E-state index in [9.17, 15) is 4.79 Å². The van der Waals surface area contributed by atoms with E-state index in [4.69, 9.17) is 9.72 Å². The van der Waals surface area contributed by atoms with Gasteiger partial charge in [0.15, 0.2) is 11.6 Å². The number of hydrogen-bond donors (Lipinski definition) is 1. The number of carbonyl (C=O) groups excluding carboxylic acids is 1. The molecule has 1 amide bonds. The number of nitrogens with one attached hydrogen (secondary N) is 1. The number of benzene rings is 1. The highest BCUT2D eigenvalue weighted by Crippen LogP contribution is 2.28. The van der Waals surface area contributed by atoms with Crippen molar-refractivity contribution in [1.82, 2.24) is 9.88 Å². The van der Waals surface area contributed by atoms with Gasteiger partial charge in [0.1, 0.15) is 6.04 Å². The molecule has 0 radical (unpaired) electrons. The summed E-state index contributed by atoms with van der Waals surface area (Å²) in [6, 6.07) is 8.69. The number of nitrogens with zero attached hydrogens (tertiary/aromatic N) is 2. The van der Waals surface area contributed by atoms with Crippen LogP contribution in [0, 0.1) is 0 Å². The Morgan fingerprint density at radius 1 is 1.29 bits per heavy atom. The van der Waals surface area contributed by atoms with Crippen LogP contribution in [0.25, 0.3) is 10.2 Å². The molecule has 0 saturated carbocycles. The smallest absolute Gasteiger partial charge is 0.277 e. The number of aromatic nitrogens is 1. The van der Waals surface area contributed by atoms with Crippen LogP contribution in [0.1, 0.15) is 30.3 Å². The van der Waals surface area contributed by atoms with Gasteiger partial charge in [-0.1, -0.05) is 12.1 Å². The third kappa shape index (κ3) is 3.31. The van der Waals surface area contributed by atoms with Crippen LogP contribution in [0.5, 0.6) is 0 Å². The molecule has 2 aromatic rings. The normalized spacial score (nSPS) is 25.1. The van der Waals surface area contributed by atoms with E-state index in [0.29, 0.717) is 25.8 Å². The Labute approximate surface area is 146 Å². The van der Waals surface area contributed by atoms with Gasteiger partial charge in [0.25, 0.3) is 5.91 Å². The van der Waals surface area contributed by atoms with E-state index < -0.39 is 0 Å². The Hall–Kier alpha value is -1.50. The number of piperidine rings is 1. The minimum absolute atomic E-state index is 0.265. The van der Waals surface area contributed by atoms with Crippen molar-refractivity contribution in [2.45, 2.75) is 25.3 Å². The van der Waals surface area contributed by atoms with Gasteiger partial charge in [-0.2, -0.15) is 0 Å². The Bertz CT molecular complexity index is 678. The van der Waals surface area contributed by atoms with E-state index in [1.165, 1.54) is 27.4 Å². The molecule has 1 aromatic heterocycles. The average molecular weight is 346 g/mol. The molecule has 5 nitrogen and oxygen atoms in total. The van der Waals surface area contributed by atoms with E-state index >= 15 is 0 Å². The molecule has 2 aliphatic rings. The third-order valence-electron chi connectivity index (χ3n) is 5.08. The van der Waals surface area contributed by atoms with Gasteiger partial charge in [0.2, 0.25) is 0 Å². The van der Waals surface area contributed by atoms with Crippen molar-refractivity contribution < 1.29 is 14.4 Å². The van der Waals surface area contributed by atoms with Crippen LogP contribution in [0.3, 0.4) is 0 Å².